The smallest absolute Gasteiger partial charge is 0.164 e. The third-order valence-corrected chi connectivity index (χ3v) is 15.3. The summed E-state index contributed by atoms with van der Waals surface area (Å²) in [6.45, 7) is 4.77. The lowest BCUT2D eigenvalue weighted by molar-refractivity contribution is 0.563. The summed E-state index contributed by atoms with van der Waals surface area (Å²) in [5.74, 6) is 1.93. The first kappa shape index (κ1) is 41.0. The maximum Gasteiger partial charge on any atom is 0.164 e. The molecule has 0 fully saturated rings. The Morgan fingerprint density at radius 1 is 0.296 bits per heavy atom. The summed E-state index contributed by atoms with van der Waals surface area (Å²) in [4.78, 5) is 15.6. The molecule has 1 spiro atoms. The molecule has 14 rings (SSSR count). The molecule has 2 aliphatic rings. The fraction of sp³-hybridized carbons (Fsp3) is 0.0597. The van der Waals surface area contributed by atoms with E-state index in [1.807, 2.05) is 36.4 Å². The molecule has 4 nitrogen and oxygen atoms in total. The molecule has 1 unspecified atom stereocenters. The molecule has 2 heterocycles. The van der Waals surface area contributed by atoms with Gasteiger partial charge in [-0.25, -0.2) is 15.0 Å². The molecule has 0 saturated heterocycles. The number of hydrogen-bond acceptors (Lipinski definition) is 3. The van der Waals surface area contributed by atoms with Crippen LogP contribution in [0.15, 0.2) is 243 Å². The maximum absolute atomic E-state index is 5.28. The predicted molar refractivity (Wildman–Crippen MR) is 291 cm³/mol. The third-order valence-electron chi connectivity index (χ3n) is 15.3. The van der Waals surface area contributed by atoms with Gasteiger partial charge < -0.3 is 4.57 Å². The molecule has 0 radical (unpaired) electrons. The molecule has 1 atom stereocenters. The molecule has 0 amide bonds. The van der Waals surface area contributed by atoms with Crippen LogP contribution in [0.5, 0.6) is 0 Å². The van der Waals surface area contributed by atoms with Gasteiger partial charge in [-0.1, -0.05) is 214 Å². The Balaban J connectivity index is 1.07. The molecule has 2 aliphatic carbocycles. The highest BCUT2D eigenvalue weighted by Crippen LogP contribution is 2.63. The third kappa shape index (κ3) is 6.21. The number of fused-ring (bicyclic) bond motifs is 12. The Morgan fingerprint density at radius 2 is 0.789 bits per heavy atom. The first-order chi connectivity index (χ1) is 34.9. The van der Waals surface area contributed by atoms with Crippen LogP contribution in [-0.4, -0.2) is 19.5 Å². The lowest BCUT2D eigenvalue weighted by Gasteiger charge is -2.46. The molecule has 12 aromatic rings. The van der Waals surface area contributed by atoms with Gasteiger partial charge in [-0.05, 0) is 109 Å². The van der Waals surface area contributed by atoms with E-state index >= 15 is 0 Å². The number of nitrogens with zero attached hydrogens (tertiary/aromatic N) is 4. The first-order valence-corrected chi connectivity index (χ1v) is 24.5. The van der Waals surface area contributed by atoms with Gasteiger partial charge in [-0.15, -0.1) is 0 Å². The normalized spacial score (nSPS) is 15.1. The number of benzene rings is 10. The zero-order chi connectivity index (χ0) is 47.3. The quantitative estimate of drug-likeness (QED) is 0.167. The van der Waals surface area contributed by atoms with Crippen molar-refractivity contribution in [1.82, 2.24) is 19.5 Å². The highest BCUT2D eigenvalue weighted by molar-refractivity contribution is 6.12. The van der Waals surface area contributed by atoms with Gasteiger partial charge in [-0.3, -0.25) is 0 Å². The van der Waals surface area contributed by atoms with Crippen LogP contribution in [0.3, 0.4) is 0 Å². The maximum atomic E-state index is 5.28. The highest BCUT2D eigenvalue weighted by Gasteiger charge is 2.53. The van der Waals surface area contributed by atoms with E-state index in [1.165, 1.54) is 88.6 Å². The van der Waals surface area contributed by atoms with Crippen molar-refractivity contribution in [2.24, 2.45) is 0 Å². The Morgan fingerprint density at radius 3 is 1.41 bits per heavy atom. The van der Waals surface area contributed by atoms with Crippen LogP contribution in [0.2, 0.25) is 0 Å². The SMILES string of the molecule is CC1(C)c2ccccc2C2(c3ccccc3-c3cc4c5ccccc5n(-c5cc(-c6ccccc6)cc(-c6ccccc6)c5)c4cc32)c2cc(-c3nc(-c4ccccc4)nc(-c4ccccc4)n3)ccc21. The van der Waals surface area contributed by atoms with Gasteiger partial charge in [0.05, 0.1) is 16.4 Å². The molecule has 10 aromatic carbocycles. The lowest BCUT2D eigenvalue weighted by atomic mass is 9.55. The fourth-order valence-corrected chi connectivity index (χ4v) is 12.1. The van der Waals surface area contributed by atoms with Gasteiger partial charge in [0.15, 0.2) is 17.5 Å². The van der Waals surface area contributed by atoms with Crippen molar-refractivity contribution in [3.8, 4) is 73.2 Å². The van der Waals surface area contributed by atoms with Crippen LogP contribution in [0.4, 0.5) is 0 Å². The summed E-state index contributed by atoms with van der Waals surface area (Å²) < 4.78 is 2.51. The zero-order valence-corrected chi connectivity index (χ0v) is 39.4. The standard InChI is InChI=1S/C67H46N4/c1-66(2)56-32-18-19-33-58(56)67(60-40-47(35-36-57(60)66)65-69-63(45-25-11-5-12-26-45)68-64(70-65)46-27-13-6-14-28-46)55-31-17-15-29-51(55)53-41-54-52-30-16-20-34-61(52)71(62(54)42-59(53)67)50-38-48(43-21-7-3-8-22-43)37-49(39-50)44-23-9-4-10-24-44/h3-42H,1-2H3. The van der Waals surface area contributed by atoms with Crippen molar-refractivity contribution >= 4 is 21.8 Å². The van der Waals surface area contributed by atoms with Gasteiger partial charge in [0.2, 0.25) is 0 Å². The second-order valence-corrected chi connectivity index (χ2v) is 19.5. The van der Waals surface area contributed by atoms with Crippen LogP contribution in [0.1, 0.15) is 47.2 Å². The minimum atomic E-state index is -0.683. The average Bonchev–Trinajstić information content (AvgIpc) is 3.92. The molecule has 0 bridgehead atoms. The van der Waals surface area contributed by atoms with Crippen LogP contribution >= 0.6 is 0 Å². The summed E-state index contributed by atoms with van der Waals surface area (Å²) in [6.07, 6.45) is 0. The van der Waals surface area contributed by atoms with E-state index in [0.29, 0.717) is 17.5 Å². The second-order valence-electron chi connectivity index (χ2n) is 19.5. The Hall–Kier alpha value is -8.99. The van der Waals surface area contributed by atoms with E-state index in [9.17, 15) is 0 Å². The van der Waals surface area contributed by atoms with Gasteiger partial charge in [0.25, 0.3) is 0 Å². The summed E-state index contributed by atoms with van der Waals surface area (Å²) in [5.41, 5.74) is 20.2. The van der Waals surface area contributed by atoms with E-state index in [2.05, 4.69) is 225 Å². The van der Waals surface area contributed by atoms with Gasteiger partial charge in [-0.2, -0.15) is 0 Å². The topological polar surface area (TPSA) is 43.6 Å². The molecule has 334 valence electrons. The molecule has 0 saturated carbocycles. The van der Waals surface area contributed by atoms with E-state index in [4.69, 9.17) is 15.0 Å². The van der Waals surface area contributed by atoms with E-state index in [1.54, 1.807) is 0 Å². The summed E-state index contributed by atoms with van der Waals surface area (Å²) in [7, 11) is 0. The summed E-state index contributed by atoms with van der Waals surface area (Å²) in [5, 5.41) is 2.45. The van der Waals surface area contributed by atoms with E-state index in [0.717, 1.165) is 22.4 Å². The monoisotopic (exact) mass is 906 g/mol. The molecule has 4 heteroatoms. The second kappa shape index (κ2) is 15.8. The molecular weight excluding hydrogens is 861 g/mol. The number of aromatic nitrogens is 4. The molecule has 71 heavy (non-hydrogen) atoms. The zero-order valence-electron chi connectivity index (χ0n) is 39.4. The van der Waals surface area contributed by atoms with Gasteiger partial charge >= 0.3 is 0 Å². The minimum Gasteiger partial charge on any atom is -0.309 e. The van der Waals surface area contributed by atoms with Crippen molar-refractivity contribution < 1.29 is 0 Å². The van der Waals surface area contributed by atoms with Crippen LogP contribution < -0.4 is 0 Å². The number of hydrogen-bond donors (Lipinski definition) is 0. The van der Waals surface area contributed by atoms with Crippen LogP contribution in [-0.2, 0) is 10.8 Å². The number of rotatable bonds is 6. The van der Waals surface area contributed by atoms with Crippen molar-refractivity contribution in [1.29, 1.82) is 0 Å². The summed E-state index contributed by atoms with van der Waals surface area (Å²) >= 11 is 0. The lowest BCUT2D eigenvalue weighted by Crippen LogP contribution is -2.40. The molecule has 2 aromatic heterocycles. The summed E-state index contributed by atoms with van der Waals surface area (Å²) in [6, 6.07) is 88.4. The van der Waals surface area contributed by atoms with E-state index in [-0.39, 0.29) is 5.41 Å². The Bertz CT molecular complexity index is 3950. The average molecular weight is 907 g/mol. The molecule has 0 aliphatic heterocycles. The van der Waals surface area contributed by atoms with Crippen molar-refractivity contribution in [2.45, 2.75) is 24.7 Å². The van der Waals surface area contributed by atoms with Crippen molar-refractivity contribution in [2.75, 3.05) is 0 Å². The Labute approximate surface area is 413 Å². The van der Waals surface area contributed by atoms with Gasteiger partial charge in [0, 0.05) is 38.6 Å². The van der Waals surface area contributed by atoms with Crippen LogP contribution in [0.25, 0.3) is 95.0 Å². The predicted octanol–water partition coefficient (Wildman–Crippen LogP) is 16.3. The Kier molecular flexibility index (Phi) is 9.12. The van der Waals surface area contributed by atoms with E-state index < -0.39 is 5.41 Å². The minimum absolute atomic E-state index is 0.318. The van der Waals surface area contributed by atoms with Gasteiger partial charge in [0.1, 0.15) is 0 Å². The molecular formula is C67H46N4. The number of para-hydroxylation sites is 1. The highest BCUT2D eigenvalue weighted by atomic mass is 15.0. The van der Waals surface area contributed by atoms with Crippen molar-refractivity contribution in [3.63, 3.8) is 0 Å². The largest absolute Gasteiger partial charge is 0.309 e. The van der Waals surface area contributed by atoms with Crippen LogP contribution in [0, 0.1) is 0 Å². The fourth-order valence-electron chi connectivity index (χ4n) is 12.1. The van der Waals surface area contributed by atoms with Crippen molar-refractivity contribution in [3.05, 3.63) is 276 Å². The first-order valence-electron chi connectivity index (χ1n) is 24.5. The molecule has 0 N–H and O–H groups in total.